The molecule has 3 aromatic rings. The molecule has 0 spiro atoms. The number of esters is 1. The number of aliphatic hydroxyl groups is 1. The molecule has 4 unspecified atom stereocenters. The van der Waals surface area contributed by atoms with Crippen LogP contribution in [-0.4, -0.2) is 73.5 Å². The van der Waals surface area contributed by atoms with Crippen molar-refractivity contribution in [2.24, 2.45) is 5.92 Å². The minimum absolute atomic E-state index is 0.0364. The molecule has 3 aromatic carbocycles. The molecule has 0 aromatic heterocycles. The zero-order valence-electron chi connectivity index (χ0n) is 28.2. The molecule has 264 valence electrons. The van der Waals surface area contributed by atoms with E-state index in [1.807, 2.05) is 72.8 Å². The maximum absolute atomic E-state index is 13.4. The molecule has 1 aliphatic carbocycles. The van der Waals surface area contributed by atoms with Gasteiger partial charge in [0.05, 0.1) is 31.8 Å². The molecule has 50 heavy (non-hydrogen) atoms. The van der Waals surface area contributed by atoms with E-state index >= 15 is 0 Å². The molecule has 5 rings (SSSR count). The first kappa shape index (κ1) is 36.3. The Balaban J connectivity index is 1.24. The summed E-state index contributed by atoms with van der Waals surface area (Å²) < 4.78 is 17.2. The molecule has 0 saturated heterocycles. The van der Waals surface area contributed by atoms with Gasteiger partial charge in [0.1, 0.15) is 19.3 Å². The average molecular weight is 684 g/mol. The minimum Gasteiger partial charge on any atom is -0.462 e. The van der Waals surface area contributed by atoms with Crippen LogP contribution >= 0.6 is 0 Å². The summed E-state index contributed by atoms with van der Waals surface area (Å²) in [6.07, 6.45) is 3.67. The average Bonchev–Trinajstić information content (AvgIpc) is 3.45. The van der Waals surface area contributed by atoms with Gasteiger partial charge >= 0.3 is 12.1 Å². The molecule has 11 heteroatoms. The number of hydrogen-bond donors (Lipinski definition) is 4. The second kappa shape index (κ2) is 18.1. The fraction of sp³-hybridized carbons (Fsp3) is 0.385. The van der Waals surface area contributed by atoms with E-state index in [1.165, 1.54) is 0 Å². The molecule has 0 fully saturated rings. The van der Waals surface area contributed by atoms with Gasteiger partial charge in [-0.05, 0) is 54.0 Å². The largest absolute Gasteiger partial charge is 0.462 e. The van der Waals surface area contributed by atoms with Crippen LogP contribution in [0.5, 0.6) is 0 Å². The molecule has 4 atom stereocenters. The lowest BCUT2D eigenvalue weighted by Crippen LogP contribution is -2.47. The van der Waals surface area contributed by atoms with Crippen molar-refractivity contribution in [3.05, 3.63) is 108 Å². The molecule has 1 aliphatic heterocycles. The third kappa shape index (κ3) is 10.0. The SMILES string of the molecule is CC(CO)NC(=O)CC1CC=CCCC(NC(=O)OCC2c3ccccc3-c3ccccc32)C(=O)OCC(COCc2ccccc2)NC1=O. The monoisotopic (exact) mass is 683 g/mol. The van der Waals surface area contributed by atoms with Crippen LogP contribution in [0.3, 0.4) is 0 Å². The van der Waals surface area contributed by atoms with E-state index in [4.69, 9.17) is 14.2 Å². The minimum atomic E-state index is -1.00. The van der Waals surface area contributed by atoms with Crippen LogP contribution in [0.2, 0.25) is 0 Å². The van der Waals surface area contributed by atoms with Gasteiger partial charge in [-0.25, -0.2) is 9.59 Å². The van der Waals surface area contributed by atoms with E-state index in [9.17, 15) is 24.3 Å². The summed E-state index contributed by atoms with van der Waals surface area (Å²) in [6, 6.07) is 23.4. The molecular weight excluding hydrogens is 638 g/mol. The molecular formula is C39H45N3O8. The summed E-state index contributed by atoms with van der Waals surface area (Å²) in [5.74, 6) is -2.26. The maximum atomic E-state index is 13.4. The number of alkyl carbamates (subject to hydrolysis) is 1. The Bertz CT molecular complexity index is 1600. The Morgan fingerprint density at radius 2 is 1.62 bits per heavy atom. The van der Waals surface area contributed by atoms with Gasteiger partial charge < -0.3 is 35.3 Å². The number of cyclic esters (lactones) is 1. The van der Waals surface area contributed by atoms with Crippen LogP contribution < -0.4 is 16.0 Å². The highest BCUT2D eigenvalue weighted by molar-refractivity contribution is 5.86. The van der Waals surface area contributed by atoms with E-state index in [2.05, 4.69) is 28.1 Å². The van der Waals surface area contributed by atoms with E-state index in [-0.39, 0.29) is 64.1 Å². The third-order valence-electron chi connectivity index (χ3n) is 8.82. The summed E-state index contributed by atoms with van der Waals surface area (Å²) in [6.45, 7) is 1.65. The summed E-state index contributed by atoms with van der Waals surface area (Å²) >= 11 is 0. The Labute approximate surface area is 292 Å². The molecule has 0 radical (unpaired) electrons. The maximum Gasteiger partial charge on any atom is 0.407 e. The molecule has 0 bridgehead atoms. The second-order valence-corrected chi connectivity index (χ2v) is 12.7. The molecule has 3 amide bonds. The molecule has 0 saturated carbocycles. The van der Waals surface area contributed by atoms with Gasteiger partial charge in [-0.3, -0.25) is 9.59 Å². The number of benzene rings is 3. The van der Waals surface area contributed by atoms with Crippen LogP contribution in [0.1, 0.15) is 55.2 Å². The molecule has 4 N–H and O–H groups in total. The van der Waals surface area contributed by atoms with Gasteiger partial charge in [-0.1, -0.05) is 91.0 Å². The molecule has 11 nitrogen and oxygen atoms in total. The number of aliphatic hydroxyl groups excluding tert-OH is 1. The van der Waals surface area contributed by atoms with Crippen molar-refractivity contribution < 1.29 is 38.5 Å². The van der Waals surface area contributed by atoms with Crippen molar-refractivity contribution in [2.45, 2.75) is 63.3 Å². The predicted molar refractivity (Wildman–Crippen MR) is 187 cm³/mol. The molecule has 1 heterocycles. The highest BCUT2D eigenvalue weighted by Gasteiger charge is 2.31. The predicted octanol–water partition coefficient (Wildman–Crippen LogP) is 4.38. The van der Waals surface area contributed by atoms with Crippen molar-refractivity contribution in [3.63, 3.8) is 0 Å². The van der Waals surface area contributed by atoms with Gasteiger partial charge in [0.2, 0.25) is 11.8 Å². The zero-order chi connectivity index (χ0) is 35.3. The quantitative estimate of drug-likeness (QED) is 0.172. The number of allylic oxidation sites excluding steroid dienone is 2. The lowest BCUT2D eigenvalue weighted by Gasteiger charge is -2.23. The van der Waals surface area contributed by atoms with Crippen LogP contribution in [0.4, 0.5) is 4.79 Å². The summed E-state index contributed by atoms with van der Waals surface area (Å²) in [7, 11) is 0. The van der Waals surface area contributed by atoms with Crippen molar-refractivity contribution >= 4 is 23.9 Å². The van der Waals surface area contributed by atoms with E-state index in [0.29, 0.717) is 6.42 Å². The van der Waals surface area contributed by atoms with Gasteiger partial charge in [-0.15, -0.1) is 0 Å². The number of rotatable bonds is 11. The van der Waals surface area contributed by atoms with Gasteiger partial charge in [0, 0.05) is 18.4 Å². The Morgan fingerprint density at radius 3 is 2.32 bits per heavy atom. The standard InChI is InChI=1S/C39H45N3O8/c1-26(21-43)40-36(44)20-28-14-6-3-7-19-35(38(46)49-24-29(41-37(28)45)23-48-22-27-12-4-2-5-13-27)42-39(47)50-25-34-32-17-10-8-15-30(32)31-16-9-11-18-33(31)34/h2-6,8-13,15-18,26,28-29,34-35,43H,7,14,19-25H2,1H3,(H,40,44)(H,41,45)(H,42,47). The summed E-state index contributed by atoms with van der Waals surface area (Å²) in [4.78, 5) is 52.5. The Hall–Kier alpha value is -5.00. The van der Waals surface area contributed by atoms with Crippen molar-refractivity contribution in [2.75, 3.05) is 26.4 Å². The number of fused-ring (bicyclic) bond motifs is 3. The normalized spacial score (nSPS) is 20.1. The number of carbonyl (C=O) groups excluding carboxylic acids is 4. The van der Waals surface area contributed by atoms with Gasteiger partial charge in [-0.2, -0.15) is 0 Å². The summed E-state index contributed by atoms with van der Waals surface area (Å²) in [5, 5.41) is 17.6. The first-order valence-corrected chi connectivity index (χ1v) is 17.1. The lowest BCUT2D eigenvalue weighted by molar-refractivity contribution is -0.148. The second-order valence-electron chi connectivity index (χ2n) is 12.7. The number of hydrogen-bond acceptors (Lipinski definition) is 8. The van der Waals surface area contributed by atoms with Crippen molar-refractivity contribution in [3.8, 4) is 11.1 Å². The van der Waals surface area contributed by atoms with Crippen LogP contribution in [0.25, 0.3) is 11.1 Å². The smallest absolute Gasteiger partial charge is 0.407 e. The first-order chi connectivity index (χ1) is 24.3. The van der Waals surface area contributed by atoms with Crippen molar-refractivity contribution in [1.29, 1.82) is 0 Å². The van der Waals surface area contributed by atoms with E-state index in [1.54, 1.807) is 13.0 Å². The topological polar surface area (TPSA) is 152 Å². The fourth-order valence-corrected chi connectivity index (χ4v) is 6.19. The number of nitrogens with one attached hydrogen (secondary N) is 3. The highest BCUT2D eigenvalue weighted by Crippen LogP contribution is 2.44. The van der Waals surface area contributed by atoms with E-state index in [0.717, 1.165) is 27.8 Å². The highest BCUT2D eigenvalue weighted by atomic mass is 16.6. The van der Waals surface area contributed by atoms with Crippen LogP contribution in [0, 0.1) is 5.92 Å². The third-order valence-corrected chi connectivity index (χ3v) is 8.82. The summed E-state index contributed by atoms with van der Waals surface area (Å²) in [5.41, 5.74) is 5.31. The van der Waals surface area contributed by atoms with Gasteiger partial charge in [0.25, 0.3) is 0 Å². The number of ether oxygens (including phenoxy) is 3. The Kier molecular flexibility index (Phi) is 13.2. The van der Waals surface area contributed by atoms with Crippen LogP contribution in [-0.2, 0) is 35.2 Å². The first-order valence-electron chi connectivity index (χ1n) is 17.1. The number of amides is 3. The van der Waals surface area contributed by atoms with Crippen LogP contribution in [0.15, 0.2) is 91.0 Å². The Morgan fingerprint density at radius 1 is 0.940 bits per heavy atom. The zero-order valence-corrected chi connectivity index (χ0v) is 28.2. The molecule has 2 aliphatic rings. The van der Waals surface area contributed by atoms with Gasteiger partial charge in [0.15, 0.2) is 0 Å². The fourth-order valence-electron chi connectivity index (χ4n) is 6.19. The van der Waals surface area contributed by atoms with Crippen molar-refractivity contribution in [1.82, 2.24) is 16.0 Å². The lowest BCUT2D eigenvalue weighted by atomic mass is 9.98. The van der Waals surface area contributed by atoms with E-state index < -0.39 is 42.0 Å². The number of carbonyl (C=O) groups is 4.